The second kappa shape index (κ2) is 3.17. The molecular formula is C7H3FNOSi. The molecule has 11 heavy (non-hydrogen) atoms. The summed E-state index contributed by atoms with van der Waals surface area (Å²) in [6.45, 7) is 0. The first-order chi connectivity index (χ1) is 5.29. The third-order valence-electron chi connectivity index (χ3n) is 1.19. The Kier molecular flexibility index (Phi) is 2.24. The Labute approximate surface area is 66.8 Å². The van der Waals surface area contributed by atoms with Gasteiger partial charge in [-0.15, -0.1) is 0 Å². The predicted octanol–water partition coefficient (Wildman–Crippen LogP) is 1.16. The van der Waals surface area contributed by atoms with Crippen molar-refractivity contribution in [2.75, 3.05) is 0 Å². The first kappa shape index (κ1) is 7.76. The van der Waals surface area contributed by atoms with E-state index in [0.717, 1.165) is 0 Å². The molecule has 0 saturated carbocycles. The van der Waals surface area contributed by atoms with E-state index in [4.69, 9.17) is 5.26 Å². The van der Waals surface area contributed by atoms with Gasteiger partial charge in [-0.1, -0.05) is 6.07 Å². The summed E-state index contributed by atoms with van der Waals surface area (Å²) in [5.41, 5.74) is -0.0271. The summed E-state index contributed by atoms with van der Waals surface area (Å²) in [7, 11) is 2.67. The van der Waals surface area contributed by atoms with Crippen molar-refractivity contribution >= 4 is 10.5 Å². The molecule has 0 saturated heterocycles. The van der Waals surface area contributed by atoms with Gasteiger partial charge < -0.3 is 4.43 Å². The molecule has 2 nitrogen and oxygen atoms in total. The molecule has 0 aliphatic heterocycles. The Hall–Kier alpha value is -1.34. The lowest BCUT2D eigenvalue weighted by Crippen LogP contribution is -1.91. The third-order valence-corrected chi connectivity index (χ3v) is 1.41. The highest BCUT2D eigenvalue weighted by Crippen LogP contribution is 2.18. The SMILES string of the molecule is N#Cc1cccc(O[Si])c1F. The molecule has 0 N–H and O–H groups in total. The van der Waals surface area contributed by atoms with Gasteiger partial charge >= 0.3 is 10.5 Å². The Morgan fingerprint density at radius 1 is 1.55 bits per heavy atom. The molecule has 1 aromatic rings. The topological polar surface area (TPSA) is 33.0 Å². The van der Waals surface area contributed by atoms with Gasteiger partial charge in [0.05, 0.1) is 5.56 Å². The second-order valence-electron chi connectivity index (χ2n) is 1.83. The van der Waals surface area contributed by atoms with E-state index in [1.165, 1.54) is 18.2 Å². The predicted molar refractivity (Wildman–Crippen MR) is 37.5 cm³/mol. The maximum atomic E-state index is 12.9. The molecule has 1 rings (SSSR count). The van der Waals surface area contributed by atoms with Gasteiger partial charge in [0.25, 0.3) is 0 Å². The zero-order chi connectivity index (χ0) is 8.27. The molecule has 0 amide bonds. The Morgan fingerprint density at radius 2 is 2.27 bits per heavy atom. The van der Waals surface area contributed by atoms with Crippen LogP contribution in [-0.4, -0.2) is 10.5 Å². The maximum Gasteiger partial charge on any atom is 0.341 e. The van der Waals surface area contributed by atoms with Crippen molar-refractivity contribution in [3.63, 3.8) is 0 Å². The fourth-order valence-electron chi connectivity index (χ4n) is 0.676. The molecule has 0 bridgehead atoms. The molecule has 3 radical (unpaired) electrons. The molecule has 1 aromatic carbocycles. The van der Waals surface area contributed by atoms with Crippen LogP contribution >= 0.6 is 0 Å². The van der Waals surface area contributed by atoms with Crippen LogP contribution in [-0.2, 0) is 0 Å². The van der Waals surface area contributed by atoms with E-state index in [1.54, 1.807) is 6.07 Å². The van der Waals surface area contributed by atoms with Crippen molar-refractivity contribution in [3.05, 3.63) is 29.6 Å². The molecule has 0 atom stereocenters. The highest BCUT2D eigenvalue weighted by atomic mass is 28.2. The number of benzene rings is 1. The van der Waals surface area contributed by atoms with E-state index in [0.29, 0.717) is 0 Å². The summed E-state index contributed by atoms with van der Waals surface area (Å²) < 4.78 is 17.4. The second-order valence-corrected chi connectivity index (χ2v) is 2.04. The Bertz CT molecular complexity index is 308. The van der Waals surface area contributed by atoms with Crippen molar-refractivity contribution in [2.45, 2.75) is 0 Å². The van der Waals surface area contributed by atoms with Crippen molar-refractivity contribution in [2.24, 2.45) is 0 Å². The smallest absolute Gasteiger partial charge is 0.341 e. The van der Waals surface area contributed by atoms with Crippen LogP contribution in [0.15, 0.2) is 18.2 Å². The summed E-state index contributed by atoms with van der Waals surface area (Å²) in [6.07, 6.45) is 0. The molecule has 4 heteroatoms. The zero-order valence-corrected chi connectivity index (χ0v) is 6.47. The highest BCUT2D eigenvalue weighted by Gasteiger charge is 2.05. The largest absolute Gasteiger partial charge is 0.538 e. The minimum atomic E-state index is -0.648. The lowest BCUT2D eigenvalue weighted by molar-refractivity contribution is 0.525. The van der Waals surface area contributed by atoms with Crippen LogP contribution in [0.5, 0.6) is 5.75 Å². The minimum absolute atomic E-state index is 0.0146. The van der Waals surface area contributed by atoms with E-state index in [1.807, 2.05) is 0 Å². The van der Waals surface area contributed by atoms with Crippen LogP contribution in [0.2, 0.25) is 0 Å². The van der Waals surface area contributed by atoms with Crippen LogP contribution in [0.1, 0.15) is 5.56 Å². The number of nitrogens with zero attached hydrogens (tertiary/aromatic N) is 1. The molecule has 0 heterocycles. The van der Waals surface area contributed by atoms with Crippen molar-refractivity contribution in [1.29, 1.82) is 5.26 Å². The number of nitriles is 1. The first-order valence-corrected chi connectivity index (χ1v) is 3.22. The van der Waals surface area contributed by atoms with E-state index >= 15 is 0 Å². The Balaban J connectivity index is 3.23. The van der Waals surface area contributed by atoms with E-state index in [2.05, 4.69) is 14.9 Å². The van der Waals surface area contributed by atoms with Crippen molar-refractivity contribution < 1.29 is 8.82 Å². The molecule has 0 aromatic heterocycles. The summed E-state index contributed by atoms with van der Waals surface area (Å²) in [5.74, 6) is -0.634. The van der Waals surface area contributed by atoms with Crippen molar-refractivity contribution in [1.82, 2.24) is 0 Å². The van der Waals surface area contributed by atoms with E-state index < -0.39 is 5.82 Å². The molecule has 53 valence electrons. The standard InChI is InChI=1S/C7H3FNOSi/c8-7-5(4-9)2-1-3-6(7)10-11/h1-3H. The van der Waals surface area contributed by atoms with Gasteiger partial charge in [-0.05, 0) is 12.1 Å². The van der Waals surface area contributed by atoms with E-state index in [-0.39, 0.29) is 11.3 Å². The zero-order valence-electron chi connectivity index (χ0n) is 5.47. The number of halogens is 1. The molecule has 0 fully saturated rings. The first-order valence-electron chi connectivity index (χ1n) is 2.81. The summed E-state index contributed by atoms with van der Waals surface area (Å²) in [6, 6.07) is 6.03. The molecule has 0 aliphatic carbocycles. The Morgan fingerprint density at radius 3 is 2.82 bits per heavy atom. The van der Waals surface area contributed by atoms with Gasteiger partial charge in [0, 0.05) is 0 Å². The van der Waals surface area contributed by atoms with Gasteiger partial charge in [0.1, 0.15) is 11.8 Å². The molecular weight excluding hydrogens is 161 g/mol. The van der Waals surface area contributed by atoms with Crippen LogP contribution in [0.25, 0.3) is 0 Å². The number of hydrogen-bond acceptors (Lipinski definition) is 2. The number of rotatable bonds is 1. The van der Waals surface area contributed by atoms with Crippen LogP contribution in [0, 0.1) is 17.1 Å². The number of hydrogen-bond donors (Lipinski definition) is 0. The van der Waals surface area contributed by atoms with Crippen LogP contribution in [0.3, 0.4) is 0 Å². The van der Waals surface area contributed by atoms with Gasteiger partial charge in [-0.3, -0.25) is 0 Å². The summed E-state index contributed by atoms with van der Waals surface area (Å²) in [4.78, 5) is 0. The van der Waals surface area contributed by atoms with Crippen LogP contribution in [0.4, 0.5) is 4.39 Å². The van der Waals surface area contributed by atoms with Gasteiger partial charge in [0.15, 0.2) is 5.82 Å². The quantitative estimate of drug-likeness (QED) is 0.583. The molecule has 0 aliphatic rings. The van der Waals surface area contributed by atoms with Gasteiger partial charge in [0.2, 0.25) is 0 Å². The van der Waals surface area contributed by atoms with E-state index in [9.17, 15) is 4.39 Å². The van der Waals surface area contributed by atoms with Gasteiger partial charge in [-0.2, -0.15) is 5.26 Å². The third kappa shape index (κ3) is 1.38. The summed E-state index contributed by atoms with van der Waals surface area (Å²) in [5, 5.41) is 8.38. The normalized spacial score (nSPS) is 8.82. The average Bonchev–Trinajstić information content (AvgIpc) is 2.05. The average molecular weight is 164 g/mol. The van der Waals surface area contributed by atoms with Crippen molar-refractivity contribution in [3.8, 4) is 11.8 Å². The maximum absolute atomic E-state index is 12.9. The summed E-state index contributed by atoms with van der Waals surface area (Å²) >= 11 is 0. The highest BCUT2D eigenvalue weighted by molar-refractivity contribution is 6.00. The lowest BCUT2D eigenvalue weighted by atomic mass is 10.2. The fourth-order valence-corrected chi connectivity index (χ4v) is 0.834. The fraction of sp³-hybridized carbons (Fsp3) is 0. The monoisotopic (exact) mass is 164 g/mol. The van der Waals surface area contributed by atoms with Crippen LogP contribution < -0.4 is 4.43 Å². The molecule has 0 spiro atoms. The van der Waals surface area contributed by atoms with Gasteiger partial charge in [-0.25, -0.2) is 4.39 Å². The molecule has 0 unspecified atom stereocenters. The minimum Gasteiger partial charge on any atom is -0.538 e. The lowest BCUT2D eigenvalue weighted by Gasteiger charge is -2.00.